The lowest BCUT2D eigenvalue weighted by Gasteiger charge is -2.08. The van der Waals surface area contributed by atoms with Gasteiger partial charge in [0.25, 0.3) is 0 Å². The first kappa shape index (κ1) is 12.0. The zero-order valence-electron chi connectivity index (χ0n) is 8.87. The van der Waals surface area contributed by atoms with E-state index in [0.717, 1.165) is 38.5 Å². The zero-order valence-corrected chi connectivity index (χ0v) is 8.87. The Hall–Kier alpha value is -1.06. The molecule has 0 amide bonds. The van der Waals surface area contributed by atoms with Gasteiger partial charge in [-0.1, -0.05) is 19.3 Å². The Morgan fingerprint density at radius 2 is 1.60 bits per heavy atom. The summed E-state index contributed by atoms with van der Waals surface area (Å²) in [6.07, 6.45) is 6.07. The first-order valence-corrected chi connectivity index (χ1v) is 5.52. The predicted molar refractivity (Wildman–Crippen MR) is 54.6 cm³/mol. The fourth-order valence-electron chi connectivity index (χ4n) is 1.81. The summed E-state index contributed by atoms with van der Waals surface area (Å²) in [5, 5.41) is 17.3. The number of unbranched alkanes of at least 4 members (excludes halogenated alkanes) is 3. The molecule has 1 saturated carbocycles. The highest BCUT2D eigenvalue weighted by molar-refractivity contribution is 5.77. The summed E-state index contributed by atoms with van der Waals surface area (Å²) < 4.78 is 0. The van der Waals surface area contributed by atoms with Crippen LogP contribution >= 0.6 is 0 Å². The molecule has 0 aromatic heterocycles. The van der Waals surface area contributed by atoms with Gasteiger partial charge in [0.2, 0.25) is 0 Å². The molecule has 0 atom stereocenters. The predicted octanol–water partition coefficient (Wildman–Crippen LogP) is 2.28. The summed E-state index contributed by atoms with van der Waals surface area (Å²) in [4.78, 5) is 21.0. The number of carbonyl (C=O) groups is 2. The van der Waals surface area contributed by atoms with Crippen LogP contribution < -0.4 is 0 Å². The lowest BCUT2D eigenvalue weighted by Crippen LogP contribution is -2.14. The van der Waals surface area contributed by atoms with Gasteiger partial charge in [-0.15, -0.1) is 0 Å². The van der Waals surface area contributed by atoms with Crippen molar-refractivity contribution in [3.8, 4) is 0 Å². The monoisotopic (exact) mass is 214 g/mol. The highest BCUT2D eigenvalue weighted by atomic mass is 16.4. The van der Waals surface area contributed by atoms with Crippen LogP contribution in [0.25, 0.3) is 0 Å². The second-order valence-electron chi connectivity index (χ2n) is 4.39. The third kappa shape index (κ3) is 3.90. The highest BCUT2D eigenvalue weighted by Crippen LogP contribution is 2.50. The molecule has 86 valence electrons. The Kier molecular flexibility index (Phi) is 4.12. The van der Waals surface area contributed by atoms with Gasteiger partial charge in [0.15, 0.2) is 0 Å². The van der Waals surface area contributed by atoms with E-state index in [2.05, 4.69) is 0 Å². The van der Waals surface area contributed by atoms with Crippen molar-refractivity contribution in [2.75, 3.05) is 0 Å². The summed E-state index contributed by atoms with van der Waals surface area (Å²) in [5.74, 6) is -1.41. The van der Waals surface area contributed by atoms with Crippen LogP contribution in [0.3, 0.4) is 0 Å². The Bertz CT molecular complexity index is 243. The first-order valence-electron chi connectivity index (χ1n) is 5.52. The minimum atomic E-state index is -0.751. The number of hydrogen-bond donors (Lipinski definition) is 2. The molecule has 1 aliphatic rings. The summed E-state index contributed by atoms with van der Waals surface area (Å²) in [7, 11) is 0. The van der Waals surface area contributed by atoms with Crippen LogP contribution in [-0.2, 0) is 9.59 Å². The van der Waals surface area contributed by atoms with Crippen LogP contribution in [0.15, 0.2) is 0 Å². The normalized spacial score (nSPS) is 17.3. The van der Waals surface area contributed by atoms with Gasteiger partial charge in [-0.05, 0) is 25.7 Å². The summed E-state index contributed by atoms with van der Waals surface area (Å²) >= 11 is 0. The van der Waals surface area contributed by atoms with Crippen LogP contribution in [0.4, 0.5) is 0 Å². The number of aliphatic carboxylic acids is 2. The largest absolute Gasteiger partial charge is 0.481 e. The first-order chi connectivity index (χ1) is 7.07. The van der Waals surface area contributed by atoms with Crippen molar-refractivity contribution in [1.29, 1.82) is 0 Å². The van der Waals surface area contributed by atoms with Crippen LogP contribution in [0, 0.1) is 5.41 Å². The number of hydrogen-bond acceptors (Lipinski definition) is 2. The molecule has 0 aromatic carbocycles. The van der Waals surface area contributed by atoms with E-state index in [1.54, 1.807) is 0 Å². The van der Waals surface area contributed by atoms with Crippen molar-refractivity contribution in [1.82, 2.24) is 0 Å². The summed E-state index contributed by atoms with van der Waals surface area (Å²) in [6, 6.07) is 0. The van der Waals surface area contributed by atoms with Crippen molar-refractivity contribution < 1.29 is 19.8 Å². The fraction of sp³-hybridized carbons (Fsp3) is 0.818. The molecule has 0 heterocycles. The van der Waals surface area contributed by atoms with Gasteiger partial charge in [0, 0.05) is 6.42 Å². The Morgan fingerprint density at radius 1 is 1.00 bits per heavy atom. The molecule has 0 bridgehead atoms. The van der Waals surface area contributed by atoms with E-state index in [1.165, 1.54) is 0 Å². The standard InChI is InChI=1S/C11H18O4/c12-9(13)5-3-1-2-4-6-11(7-8-11)10(14)15/h1-8H2,(H,12,13)(H,14,15). The number of rotatable bonds is 8. The molecule has 0 aromatic rings. The number of carboxylic acids is 2. The molecule has 1 aliphatic carbocycles. The van der Waals surface area contributed by atoms with E-state index in [0.29, 0.717) is 6.42 Å². The summed E-state index contributed by atoms with van der Waals surface area (Å²) in [6.45, 7) is 0. The van der Waals surface area contributed by atoms with E-state index in [4.69, 9.17) is 10.2 Å². The molecule has 0 unspecified atom stereocenters. The van der Waals surface area contributed by atoms with Crippen LogP contribution in [0.1, 0.15) is 51.4 Å². The van der Waals surface area contributed by atoms with Crippen LogP contribution in [-0.4, -0.2) is 22.2 Å². The molecule has 4 heteroatoms. The zero-order chi connectivity index (χ0) is 11.3. The van der Waals surface area contributed by atoms with Gasteiger partial charge >= 0.3 is 11.9 Å². The second kappa shape index (κ2) is 5.14. The minimum Gasteiger partial charge on any atom is -0.481 e. The van der Waals surface area contributed by atoms with E-state index < -0.39 is 17.4 Å². The minimum absolute atomic E-state index is 0.226. The van der Waals surface area contributed by atoms with Gasteiger partial charge in [-0.2, -0.15) is 0 Å². The average Bonchev–Trinajstić information content (AvgIpc) is 2.91. The quantitative estimate of drug-likeness (QED) is 0.608. The van der Waals surface area contributed by atoms with E-state index >= 15 is 0 Å². The van der Waals surface area contributed by atoms with Gasteiger partial charge in [-0.25, -0.2) is 0 Å². The fourth-order valence-corrected chi connectivity index (χ4v) is 1.81. The van der Waals surface area contributed by atoms with Crippen LogP contribution in [0.2, 0.25) is 0 Å². The molecule has 2 N–H and O–H groups in total. The molecule has 1 fully saturated rings. The molecule has 0 aliphatic heterocycles. The molecular weight excluding hydrogens is 196 g/mol. The molecule has 0 saturated heterocycles. The third-order valence-electron chi connectivity index (χ3n) is 3.10. The van der Waals surface area contributed by atoms with Gasteiger partial charge in [-0.3, -0.25) is 9.59 Å². The number of carboxylic acid groups (broad SMARTS) is 2. The third-order valence-corrected chi connectivity index (χ3v) is 3.10. The maximum absolute atomic E-state index is 10.8. The van der Waals surface area contributed by atoms with Crippen molar-refractivity contribution in [3.63, 3.8) is 0 Å². The van der Waals surface area contributed by atoms with Gasteiger partial charge in [0.05, 0.1) is 5.41 Å². The molecule has 0 spiro atoms. The Labute approximate surface area is 89.3 Å². The maximum atomic E-state index is 10.8. The molecular formula is C11H18O4. The second-order valence-corrected chi connectivity index (χ2v) is 4.39. The average molecular weight is 214 g/mol. The van der Waals surface area contributed by atoms with E-state index in [1.807, 2.05) is 0 Å². The molecule has 1 rings (SSSR count). The van der Waals surface area contributed by atoms with Gasteiger partial charge in [0.1, 0.15) is 0 Å². The maximum Gasteiger partial charge on any atom is 0.309 e. The van der Waals surface area contributed by atoms with Crippen molar-refractivity contribution in [3.05, 3.63) is 0 Å². The van der Waals surface area contributed by atoms with Gasteiger partial charge < -0.3 is 10.2 Å². The SMILES string of the molecule is O=C(O)CCCCCCC1(C(=O)O)CC1. The molecule has 15 heavy (non-hydrogen) atoms. The van der Waals surface area contributed by atoms with E-state index in [-0.39, 0.29) is 6.42 Å². The Morgan fingerprint density at radius 3 is 2.07 bits per heavy atom. The highest BCUT2D eigenvalue weighted by Gasteiger charge is 2.49. The smallest absolute Gasteiger partial charge is 0.309 e. The Balaban J connectivity index is 1.98. The topological polar surface area (TPSA) is 74.6 Å². The lowest BCUT2D eigenvalue weighted by atomic mass is 9.98. The van der Waals surface area contributed by atoms with Crippen molar-refractivity contribution in [2.45, 2.75) is 51.4 Å². The van der Waals surface area contributed by atoms with Crippen molar-refractivity contribution >= 4 is 11.9 Å². The lowest BCUT2D eigenvalue weighted by molar-refractivity contribution is -0.143. The van der Waals surface area contributed by atoms with Crippen molar-refractivity contribution in [2.24, 2.45) is 5.41 Å². The molecule has 4 nitrogen and oxygen atoms in total. The summed E-state index contributed by atoms with van der Waals surface area (Å²) in [5.41, 5.74) is -0.410. The van der Waals surface area contributed by atoms with Crippen LogP contribution in [0.5, 0.6) is 0 Å². The molecule has 0 radical (unpaired) electrons. The van der Waals surface area contributed by atoms with E-state index in [9.17, 15) is 9.59 Å².